The molecule has 322 valence electrons. The van der Waals surface area contributed by atoms with Crippen LogP contribution in [0.2, 0.25) is 0 Å². The Kier molecular flexibility index (Phi) is 10.2. The number of hydrogen-bond donors (Lipinski definition) is 6. The number of nitrogens with two attached hydrogens (primary N) is 4. The van der Waals surface area contributed by atoms with Crippen molar-refractivity contribution in [2.75, 3.05) is 0 Å². The molecule has 0 fully saturated rings. The molecule has 64 heavy (non-hydrogen) atoms. The van der Waals surface area contributed by atoms with Gasteiger partial charge in [0.25, 0.3) is 0 Å². The third kappa shape index (κ3) is 8.11. The Hall–Kier alpha value is -6.88. The van der Waals surface area contributed by atoms with Gasteiger partial charge in [-0.1, -0.05) is 48.5 Å². The first-order chi connectivity index (χ1) is 30.2. The molecular weight excluding hydrogens is 897 g/mol. The number of aromatic amines is 2. The summed E-state index contributed by atoms with van der Waals surface area (Å²) in [6.45, 7) is 0. The molecule has 0 spiro atoms. The van der Waals surface area contributed by atoms with E-state index < -0.39 is 40.1 Å². The Labute approximate surface area is 366 Å². The van der Waals surface area contributed by atoms with Gasteiger partial charge in [-0.05, 0) is 119 Å². The number of aromatic nitrogens is 4. The number of nitrogens with zero attached hydrogens (tertiary/aromatic N) is 2. The van der Waals surface area contributed by atoms with Crippen LogP contribution in [0.5, 0.6) is 0 Å². The van der Waals surface area contributed by atoms with E-state index in [9.17, 15) is 33.7 Å². The van der Waals surface area contributed by atoms with Crippen LogP contribution in [0.1, 0.15) is 22.8 Å². The lowest BCUT2D eigenvalue weighted by atomic mass is 10.0. The Morgan fingerprint density at radius 1 is 0.297 bits per heavy atom. The molecule has 20 heteroatoms. The molecule has 0 saturated heterocycles. The molecule has 3 aromatic heterocycles. The molecule has 2 aliphatic heterocycles. The van der Waals surface area contributed by atoms with Crippen molar-refractivity contribution in [3.05, 3.63) is 144 Å². The van der Waals surface area contributed by atoms with Crippen molar-refractivity contribution in [1.82, 2.24) is 19.9 Å². The summed E-state index contributed by atoms with van der Waals surface area (Å²) in [4.78, 5) is 16.9. The number of H-pyrrole nitrogens is 2. The first-order valence-electron chi connectivity index (χ1n) is 18.9. The van der Waals surface area contributed by atoms with Gasteiger partial charge in [0.1, 0.15) is 0 Å². The van der Waals surface area contributed by atoms with Gasteiger partial charge in [0.2, 0.25) is 40.1 Å². The smallest absolute Gasteiger partial charge is 0.238 e. The van der Waals surface area contributed by atoms with Gasteiger partial charge in [-0.3, -0.25) is 0 Å². The summed E-state index contributed by atoms with van der Waals surface area (Å²) in [6.07, 6.45) is 7.14. The van der Waals surface area contributed by atoms with Crippen LogP contribution in [0.3, 0.4) is 0 Å². The maximum Gasteiger partial charge on any atom is 0.238 e. The first-order valence-corrected chi connectivity index (χ1v) is 25.1. The van der Waals surface area contributed by atoms with Crippen molar-refractivity contribution in [1.29, 1.82) is 0 Å². The van der Waals surface area contributed by atoms with Crippen LogP contribution in [0.4, 0.5) is 0 Å². The fourth-order valence-corrected chi connectivity index (χ4v) is 9.73. The molecule has 8 bridgehead atoms. The highest BCUT2D eigenvalue weighted by Gasteiger charge is 2.21. The van der Waals surface area contributed by atoms with E-state index in [4.69, 9.17) is 30.5 Å². The van der Waals surface area contributed by atoms with Crippen LogP contribution >= 0.6 is 0 Å². The zero-order chi connectivity index (χ0) is 45.3. The van der Waals surface area contributed by atoms with E-state index in [1.165, 1.54) is 48.5 Å². The molecule has 16 nitrogen and oxygen atoms in total. The van der Waals surface area contributed by atoms with Crippen LogP contribution in [0.15, 0.2) is 141 Å². The standard InChI is InChI=1S/C44H34N8O8S4/c45-61(53,54)29-9-1-25(2-10-29)41-33-17-19-35(49-33)42(26-3-11-30(12-4-26)62(46,55)56)37-21-23-39(51-37)44(28-7-15-32(16-8-28)64(48,59)60)40-24-22-38(52-40)43(36-20-18-34(41)50-36)27-5-13-31(14-6-27)63(47,57)58/h1-24,49-50H,(H2,45,53,54)(H2,46,55,56)(H2,47,57,58)(H2,48,59,60). The Morgan fingerprint density at radius 2 is 0.516 bits per heavy atom. The van der Waals surface area contributed by atoms with E-state index in [0.717, 1.165) is 0 Å². The van der Waals surface area contributed by atoms with E-state index in [1.54, 1.807) is 72.8 Å². The van der Waals surface area contributed by atoms with E-state index >= 15 is 0 Å². The van der Waals surface area contributed by atoms with Gasteiger partial charge < -0.3 is 9.97 Å². The summed E-state index contributed by atoms with van der Waals surface area (Å²) in [7, 11) is -16.1. The lowest BCUT2D eigenvalue weighted by Crippen LogP contribution is -2.11. The summed E-state index contributed by atoms with van der Waals surface area (Å²) in [6, 6.07) is 31.4. The van der Waals surface area contributed by atoms with Crippen molar-refractivity contribution in [3.8, 4) is 44.5 Å². The second-order valence-corrected chi connectivity index (χ2v) is 21.0. The first kappa shape index (κ1) is 42.4. The molecule has 0 unspecified atom stereocenters. The summed E-state index contributed by atoms with van der Waals surface area (Å²) >= 11 is 0. The maximum absolute atomic E-state index is 12.3. The van der Waals surface area contributed by atoms with Gasteiger partial charge in [0.05, 0.1) is 42.4 Å². The molecule has 9 rings (SSSR count). The van der Waals surface area contributed by atoms with Crippen LogP contribution in [-0.2, 0) is 40.1 Å². The molecular formula is C44H34N8O8S4. The highest BCUT2D eigenvalue weighted by atomic mass is 32.2. The van der Waals surface area contributed by atoms with Gasteiger partial charge >= 0.3 is 0 Å². The van der Waals surface area contributed by atoms with Crippen molar-refractivity contribution in [2.24, 2.45) is 20.6 Å². The molecule has 10 N–H and O–H groups in total. The highest BCUT2D eigenvalue weighted by molar-refractivity contribution is 7.90. The SMILES string of the molecule is NS(=O)(=O)c1ccc(-c2c3nc(c(-c4ccc(S(N)(=O)=O)cc4)c4ccc([nH]4)c(-c4ccc(S(N)(=O)=O)cc4)c4ccc([nH]4)c(-c4ccc(S(N)(=O)=O)cc4)c4nc2C=C4)C=C3)cc1. The lowest BCUT2D eigenvalue weighted by Gasteiger charge is -2.08. The van der Waals surface area contributed by atoms with Crippen molar-refractivity contribution < 1.29 is 33.7 Å². The van der Waals surface area contributed by atoms with Crippen molar-refractivity contribution in [3.63, 3.8) is 0 Å². The average molecular weight is 931 g/mol. The largest absolute Gasteiger partial charge is 0.354 e. The van der Waals surface area contributed by atoms with Crippen LogP contribution in [0, 0.1) is 0 Å². The minimum atomic E-state index is -4.03. The second kappa shape index (κ2) is 15.4. The molecule has 7 aromatic rings. The molecule has 4 aromatic carbocycles. The Bertz CT molecular complexity index is 3620. The Balaban J connectivity index is 1.44. The fourth-order valence-electron chi connectivity index (χ4n) is 7.67. The van der Waals surface area contributed by atoms with Crippen LogP contribution in [-0.4, -0.2) is 53.6 Å². The molecule has 5 heterocycles. The average Bonchev–Trinajstić information content (AvgIpc) is 4.08. The van der Waals surface area contributed by atoms with Crippen LogP contribution < -0.4 is 20.6 Å². The molecule has 0 aliphatic carbocycles. The molecule has 0 atom stereocenters. The van der Waals surface area contributed by atoms with E-state index in [-0.39, 0.29) is 19.6 Å². The number of primary sulfonamides is 4. The summed E-state index contributed by atoms with van der Waals surface area (Å²) in [5.41, 5.74) is 8.71. The number of nitrogens with one attached hydrogen (secondary N) is 2. The number of hydrogen-bond acceptors (Lipinski definition) is 10. The van der Waals surface area contributed by atoms with Gasteiger partial charge in [-0.2, -0.15) is 0 Å². The zero-order valence-corrected chi connectivity index (χ0v) is 36.2. The van der Waals surface area contributed by atoms with Gasteiger partial charge in [-0.15, -0.1) is 0 Å². The van der Waals surface area contributed by atoms with Gasteiger partial charge in [0, 0.05) is 44.3 Å². The zero-order valence-electron chi connectivity index (χ0n) is 33.0. The monoisotopic (exact) mass is 930 g/mol. The minimum absolute atomic E-state index is 0.0887. The fraction of sp³-hybridized carbons (Fsp3) is 0. The van der Waals surface area contributed by atoms with Gasteiger partial charge in [0.15, 0.2) is 0 Å². The molecule has 0 amide bonds. The third-order valence-electron chi connectivity index (χ3n) is 10.6. The Morgan fingerprint density at radius 3 is 0.781 bits per heavy atom. The lowest BCUT2D eigenvalue weighted by molar-refractivity contribution is 0.596. The highest BCUT2D eigenvalue weighted by Crippen LogP contribution is 2.39. The van der Waals surface area contributed by atoms with E-state index in [2.05, 4.69) is 9.97 Å². The minimum Gasteiger partial charge on any atom is -0.354 e. The predicted molar refractivity (Wildman–Crippen MR) is 246 cm³/mol. The van der Waals surface area contributed by atoms with E-state index in [1.807, 2.05) is 24.3 Å². The summed E-state index contributed by atoms with van der Waals surface area (Å²) in [5, 5.41) is 21.8. The molecule has 0 radical (unpaired) electrons. The topological polar surface area (TPSA) is 298 Å². The van der Waals surface area contributed by atoms with E-state index in [0.29, 0.717) is 89.4 Å². The third-order valence-corrected chi connectivity index (χ3v) is 14.4. The predicted octanol–water partition coefficient (Wildman–Crippen LogP) is 5.91. The van der Waals surface area contributed by atoms with Gasteiger partial charge in [-0.25, -0.2) is 64.2 Å². The number of benzene rings is 4. The quantitative estimate of drug-likeness (QED) is 0.105. The normalized spacial score (nSPS) is 13.1. The maximum atomic E-state index is 12.3. The number of fused-ring (bicyclic) bond motifs is 8. The molecule has 2 aliphatic rings. The van der Waals surface area contributed by atoms with Crippen molar-refractivity contribution >= 4 is 86.5 Å². The second-order valence-electron chi connectivity index (χ2n) is 14.8. The summed E-state index contributed by atoms with van der Waals surface area (Å²) < 4.78 is 98.1. The number of sulfonamides is 4. The van der Waals surface area contributed by atoms with Crippen LogP contribution in [0.25, 0.3) is 90.9 Å². The van der Waals surface area contributed by atoms with Crippen molar-refractivity contribution in [2.45, 2.75) is 19.6 Å². The summed E-state index contributed by atoms with van der Waals surface area (Å²) in [5.74, 6) is 0. The number of rotatable bonds is 8. The molecule has 0 saturated carbocycles.